The van der Waals surface area contributed by atoms with E-state index in [0.717, 1.165) is 6.42 Å². The highest BCUT2D eigenvalue weighted by Gasteiger charge is 2.14. The summed E-state index contributed by atoms with van der Waals surface area (Å²) in [5.41, 5.74) is 4.86. The Bertz CT molecular complexity index is 322. The number of nitrogens with two attached hydrogens (primary N) is 1. The zero-order valence-electron chi connectivity index (χ0n) is 7.90. The van der Waals surface area contributed by atoms with Crippen molar-refractivity contribution in [2.45, 2.75) is 6.42 Å². The van der Waals surface area contributed by atoms with Crippen LogP contribution in [0.3, 0.4) is 0 Å². The fraction of sp³-hybridized carbons (Fsp3) is 0.333. The van der Waals surface area contributed by atoms with Gasteiger partial charge in [-0.25, -0.2) is 0 Å². The van der Waals surface area contributed by atoms with E-state index in [9.17, 15) is 9.59 Å². The maximum Gasteiger partial charge on any atom is 0.311 e. The number of thiophene rings is 1. The van der Waals surface area contributed by atoms with Crippen molar-refractivity contribution in [3.63, 3.8) is 0 Å². The van der Waals surface area contributed by atoms with Crippen LogP contribution in [0.5, 0.6) is 0 Å². The summed E-state index contributed by atoms with van der Waals surface area (Å²) in [7, 11) is 1.57. The summed E-state index contributed by atoms with van der Waals surface area (Å²) in [6.45, 7) is 0.516. The molecule has 0 fully saturated rings. The molecule has 14 heavy (non-hydrogen) atoms. The summed E-state index contributed by atoms with van der Waals surface area (Å²) in [6, 6.07) is 3.95. The van der Waals surface area contributed by atoms with Crippen LogP contribution >= 0.6 is 11.3 Å². The zero-order chi connectivity index (χ0) is 10.6. The minimum atomic E-state index is -0.904. The molecule has 0 radical (unpaired) electrons. The highest BCUT2D eigenvalue weighted by Crippen LogP contribution is 2.09. The molecule has 1 aromatic heterocycles. The van der Waals surface area contributed by atoms with Crippen LogP contribution in [0.2, 0.25) is 0 Å². The maximum absolute atomic E-state index is 11.1. The molecule has 0 aliphatic rings. The van der Waals surface area contributed by atoms with E-state index in [0.29, 0.717) is 6.54 Å². The molecule has 1 aromatic rings. The Hall–Kier alpha value is -1.36. The van der Waals surface area contributed by atoms with E-state index >= 15 is 0 Å². The van der Waals surface area contributed by atoms with Crippen LogP contribution in [-0.2, 0) is 16.0 Å². The van der Waals surface area contributed by atoms with Crippen molar-refractivity contribution in [3.8, 4) is 0 Å². The second kappa shape index (κ2) is 4.76. The molecular weight excluding hydrogens is 200 g/mol. The third-order valence-electron chi connectivity index (χ3n) is 1.83. The standard InChI is InChI=1S/C9H12N2O2S/c1-11(9(13)8(10)12)5-4-7-3-2-6-14-7/h2-3,6H,4-5H2,1H3,(H2,10,12). The van der Waals surface area contributed by atoms with E-state index in [1.807, 2.05) is 17.5 Å². The molecule has 1 rings (SSSR count). The van der Waals surface area contributed by atoms with Crippen molar-refractivity contribution in [3.05, 3.63) is 22.4 Å². The Morgan fingerprint density at radius 1 is 1.57 bits per heavy atom. The van der Waals surface area contributed by atoms with Crippen molar-refractivity contribution in [1.82, 2.24) is 4.90 Å². The van der Waals surface area contributed by atoms with Gasteiger partial charge in [0, 0.05) is 18.5 Å². The Labute approximate surface area is 86.3 Å². The molecule has 2 amide bonds. The van der Waals surface area contributed by atoms with Crippen molar-refractivity contribution in [1.29, 1.82) is 0 Å². The van der Waals surface area contributed by atoms with Crippen LogP contribution in [0, 0.1) is 0 Å². The number of nitrogens with zero attached hydrogens (tertiary/aromatic N) is 1. The average Bonchev–Trinajstić information content (AvgIpc) is 2.65. The molecule has 0 aliphatic heterocycles. The average molecular weight is 212 g/mol. The van der Waals surface area contributed by atoms with Crippen molar-refractivity contribution in [2.24, 2.45) is 5.73 Å². The van der Waals surface area contributed by atoms with Crippen LogP contribution in [0.15, 0.2) is 17.5 Å². The summed E-state index contributed by atoms with van der Waals surface area (Å²) < 4.78 is 0. The number of likely N-dealkylation sites (N-methyl/N-ethyl adjacent to an activating group) is 1. The van der Waals surface area contributed by atoms with Crippen LogP contribution < -0.4 is 5.73 Å². The molecule has 76 valence electrons. The third-order valence-corrected chi connectivity index (χ3v) is 2.77. The van der Waals surface area contributed by atoms with E-state index in [1.165, 1.54) is 9.78 Å². The first-order valence-corrected chi connectivity index (χ1v) is 5.06. The number of primary amides is 1. The highest BCUT2D eigenvalue weighted by atomic mass is 32.1. The summed E-state index contributed by atoms with van der Waals surface area (Å²) >= 11 is 1.63. The molecule has 2 N–H and O–H groups in total. The Balaban J connectivity index is 2.38. The maximum atomic E-state index is 11.1. The molecule has 1 heterocycles. The van der Waals surface area contributed by atoms with E-state index in [4.69, 9.17) is 5.73 Å². The van der Waals surface area contributed by atoms with Gasteiger partial charge in [-0.15, -0.1) is 11.3 Å². The third kappa shape index (κ3) is 2.85. The minimum absolute atomic E-state index is 0.516. The van der Waals surface area contributed by atoms with E-state index in [1.54, 1.807) is 18.4 Å². The molecule has 0 aromatic carbocycles. The molecule has 0 atom stereocenters. The van der Waals surface area contributed by atoms with E-state index in [-0.39, 0.29) is 0 Å². The van der Waals surface area contributed by atoms with Gasteiger partial charge in [0.25, 0.3) is 0 Å². The monoisotopic (exact) mass is 212 g/mol. The van der Waals surface area contributed by atoms with Crippen LogP contribution in [0.4, 0.5) is 0 Å². The second-order valence-electron chi connectivity index (χ2n) is 2.92. The first-order chi connectivity index (χ1) is 6.61. The quantitative estimate of drug-likeness (QED) is 0.729. The molecule has 0 saturated carbocycles. The van der Waals surface area contributed by atoms with Gasteiger partial charge in [0.1, 0.15) is 0 Å². The summed E-state index contributed by atoms with van der Waals surface area (Å²) in [5.74, 6) is -1.54. The summed E-state index contributed by atoms with van der Waals surface area (Å²) in [4.78, 5) is 24.1. The lowest BCUT2D eigenvalue weighted by Gasteiger charge is -2.13. The molecule has 4 nitrogen and oxygen atoms in total. The Morgan fingerprint density at radius 2 is 2.29 bits per heavy atom. The summed E-state index contributed by atoms with van der Waals surface area (Å²) in [6.07, 6.45) is 0.757. The van der Waals surface area contributed by atoms with Crippen LogP contribution in [0.25, 0.3) is 0 Å². The minimum Gasteiger partial charge on any atom is -0.361 e. The van der Waals surface area contributed by atoms with E-state index in [2.05, 4.69) is 0 Å². The molecule has 0 aliphatic carbocycles. The van der Waals surface area contributed by atoms with Crippen LogP contribution in [-0.4, -0.2) is 30.3 Å². The van der Waals surface area contributed by atoms with Crippen molar-refractivity contribution in [2.75, 3.05) is 13.6 Å². The van der Waals surface area contributed by atoms with Crippen molar-refractivity contribution >= 4 is 23.2 Å². The highest BCUT2D eigenvalue weighted by molar-refractivity contribution is 7.09. The SMILES string of the molecule is CN(CCc1cccs1)C(=O)C(N)=O. The molecule has 0 bridgehead atoms. The fourth-order valence-electron chi connectivity index (χ4n) is 1.02. The Morgan fingerprint density at radius 3 is 2.79 bits per heavy atom. The second-order valence-corrected chi connectivity index (χ2v) is 3.95. The largest absolute Gasteiger partial charge is 0.361 e. The topological polar surface area (TPSA) is 63.4 Å². The number of carbonyl (C=O) groups is 2. The van der Waals surface area contributed by atoms with Crippen LogP contribution in [0.1, 0.15) is 4.88 Å². The smallest absolute Gasteiger partial charge is 0.311 e. The van der Waals surface area contributed by atoms with Gasteiger partial charge < -0.3 is 10.6 Å². The number of amides is 2. The van der Waals surface area contributed by atoms with Gasteiger partial charge in [-0.2, -0.15) is 0 Å². The van der Waals surface area contributed by atoms with Gasteiger partial charge in [-0.3, -0.25) is 9.59 Å². The first kappa shape index (κ1) is 10.7. The lowest BCUT2D eigenvalue weighted by molar-refractivity contribution is -0.143. The molecule has 0 spiro atoms. The molecular formula is C9H12N2O2S. The molecule has 0 unspecified atom stereocenters. The summed E-state index contributed by atoms with van der Waals surface area (Å²) in [5, 5.41) is 1.98. The first-order valence-electron chi connectivity index (χ1n) is 4.18. The predicted octanol–water partition coefficient (Wildman–Crippen LogP) is 0.234. The van der Waals surface area contributed by atoms with Crippen molar-refractivity contribution < 1.29 is 9.59 Å². The fourth-order valence-corrected chi connectivity index (χ4v) is 1.72. The Kier molecular flexibility index (Phi) is 3.64. The number of hydrogen-bond donors (Lipinski definition) is 1. The zero-order valence-corrected chi connectivity index (χ0v) is 8.71. The number of hydrogen-bond acceptors (Lipinski definition) is 3. The van der Waals surface area contributed by atoms with Gasteiger partial charge in [0.05, 0.1) is 0 Å². The number of carbonyl (C=O) groups excluding carboxylic acids is 2. The normalized spacial score (nSPS) is 9.79. The van der Waals surface area contributed by atoms with Gasteiger partial charge in [-0.1, -0.05) is 6.07 Å². The molecule has 5 heteroatoms. The van der Waals surface area contributed by atoms with Gasteiger partial charge in [0.2, 0.25) is 0 Å². The van der Waals surface area contributed by atoms with E-state index < -0.39 is 11.8 Å². The van der Waals surface area contributed by atoms with Gasteiger partial charge in [0.15, 0.2) is 0 Å². The number of rotatable bonds is 3. The molecule has 0 saturated heterocycles. The van der Waals surface area contributed by atoms with Gasteiger partial charge in [-0.05, 0) is 17.9 Å². The lowest BCUT2D eigenvalue weighted by Crippen LogP contribution is -2.38. The predicted molar refractivity (Wildman–Crippen MR) is 54.9 cm³/mol. The lowest BCUT2D eigenvalue weighted by atomic mass is 10.3. The van der Waals surface area contributed by atoms with Gasteiger partial charge >= 0.3 is 11.8 Å².